The van der Waals surface area contributed by atoms with Gasteiger partial charge in [-0.05, 0) is 148 Å². The van der Waals surface area contributed by atoms with E-state index in [1.54, 1.807) is 0 Å². The van der Waals surface area contributed by atoms with Crippen LogP contribution in [0.3, 0.4) is 0 Å². The van der Waals surface area contributed by atoms with E-state index in [4.69, 9.17) is 0 Å². The first-order valence-corrected chi connectivity index (χ1v) is 22.2. The van der Waals surface area contributed by atoms with Gasteiger partial charge in [0.05, 0.1) is 22.1 Å². The lowest BCUT2D eigenvalue weighted by molar-refractivity contribution is 1.18. The molecule has 0 bridgehead atoms. The van der Waals surface area contributed by atoms with E-state index < -0.39 is 0 Å². The van der Waals surface area contributed by atoms with Crippen LogP contribution in [0.5, 0.6) is 0 Å². The van der Waals surface area contributed by atoms with Crippen molar-refractivity contribution in [2.24, 2.45) is 0 Å². The van der Waals surface area contributed by atoms with Crippen LogP contribution in [0.25, 0.3) is 111 Å². The number of para-hydroxylation sites is 3. The molecule has 12 aromatic rings. The number of fused-ring (bicyclic) bond motifs is 6. The summed E-state index contributed by atoms with van der Waals surface area (Å²) in [6, 6.07) is 84.8. The molecule has 302 valence electrons. The van der Waals surface area contributed by atoms with Crippen molar-refractivity contribution in [1.29, 1.82) is 0 Å². The number of hydrogen-bond acceptors (Lipinski definition) is 0. The highest BCUT2D eigenvalue weighted by atomic mass is 15.0. The number of nitrogens with zero attached hydrogens (tertiary/aromatic N) is 2. The highest BCUT2D eigenvalue weighted by Crippen LogP contribution is 2.40. The van der Waals surface area contributed by atoms with Gasteiger partial charge in [-0.2, -0.15) is 0 Å². The molecule has 0 spiro atoms. The number of benzene rings is 10. The van der Waals surface area contributed by atoms with E-state index >= 15 is 0 Å². The maximum Gasteiger partial charge on any atom is 0.0541 e. The minimum Gasteiger partial charge on any atom is -0.309 e. The molecule has 0 saturated heterocycles. The van der Waals surface area contributed by atoms with E-state index in [0.29, 0.717) is 0 Å². The third kappa shape index (κ3) is 6.51. The molecular formula is C62H44N2. The molecular weight excluding hydrogens is 773 g/mol. The Bertz CT molecular complexity index is 3680. The van der Waals surface area contributed by atoms with Crippen molar-refractivity contribution in [3.63, 3.8) is 0 Å². The van der Waals surface area contributed by atoms with E-state index in [-0.39, 0.29) is 0 Å². The molecule has 0 aliphatic rings. The summed E-state index contributed by atoms with van der Waals surface area (Å²) in [5.74, 6) is 0. The summed E-state index contributed by atoms with van der Waals surface area (Å²) in [4.78, 5) is 0. The molecule has 10 aromatic carbocycles. The quantitative estimate of drug-likeness (QED) is 0.152. The van der Waals surface area contributed by atoms with Crippen LogP contribution < -0.4 is 0 Å². The van der Waals surface area contributed by atoms with E-state index in [2.05, 4.69) is 254 Å². The van der Waals surface area contributed by atoms with Crippen molar-refractivity contribution < 1.29 is 0 Å². The SMILES string of the molecule is Cc1cc(C)cc(-c2ccc(-c3cc(-c4ccccc4)cc(-c4ccc(-n5c6ccccc6c6cc(-c7ccc8c(c7)c7ccccc7n8-c7ccccc7)ccc65)cc4)c3)cc2)c1. The lowest BCUT2D eigenvalue weighted by atomic mass is 9.92. The van der Waals surface area contributed by atoms with Crippen molar-refractivity contribution in [3.8, 4) is 67.0 Å². The fraction of sp³-hybridized carbons (Fsp3) is 0.0323. The fourth-order valence-electron chi connectivity index (χ4n) is 10.00. The maximum absolute atomic E-state index is 2.41. The van der Waals surface area contributed by atoms with Crippen molar-refractivity contribution in [2.45, 2.75) is 13.8 Å². The summed E-state index contributed by atoms with van der Waals surface area (Å²) in [7, 11) is 0. The van der Waals surface area contributed by atoms with Crippen LogP contribution in [0.2, 0.25) is 0 Å². The standard InChI is InChI=1S/C62H44N2/c1-41-33-42(2)35-49(34-41)44-21-23-45(24-22-44)51-36-50(43-13-5-3-6-14-43)37-52(38-51)46-25-29-54(30-26-46)64-60-20-12-10-18-56(60)58-40-48(28-32-62(58)64)47-27-31-61-57(39-47)55-17-9-11-19-59(55)63(61)53-15-7-4-8-16-53/h3-40H,1-2H3. The van der Waals surface area contributed by atoms with Crippen molar-refractivity contribution >= 4 is 43.6 Å². The Kier molecular flexibility index (Phi) is 8.98. The van der Waals surface area contributed by atoms with Crippen molar-refractivity contribution in [1.82, 2.24) is 9.13 Å². The first kappa shape index (κ1) is 37.6. The molecule has 0 atom stereocenters. The van der Waals surface area contributed by atoms with Crippen LogP contribution >= 0.6 is 0 Å². The van der Waals surface area contributed by atoms with Crippen LogP contribution in [0.1, 0.15) is 11.1 Å². The summed E-state index contributed by atoms with van der Waals surface area (Å²) in [6.07, 6.45) is 0. The monoisotopic (exact) mass is 816 g/mol. The zero-order valence-corrected chi connectivity index (χ0v) is 35.8. The lowest BCUT2D eigenvalue weighted by Crippen LogP contribution is -1.94. The number of aryl methyl sites for hydroxylation is 2. The van der Waals surface area contributed by atoms with Gasteiger partial charge in [-0.3, -0.25) is 0 Å². The van der Waals surface area contributed by atoms with Gasteiger partial charge in [-0.15, -0.1) is 0 Å². The molecule has 0 radical (unpaired) electrons. The number of hydrogen-bond donors (Lipinski definition) is 0. The zero-order valence-electron chi connectivity index (χ0n) is 35.8. The minimum absolute atomic E-state index is 1.14. The molecule has 0 N–H and O–H groups in total. The van der Waals surface area contributed by atoms with E-state index in [9.17, 15) is 0 Å². The molecule has 64 heavy (non-hydrogen) atoms. The first-order chi connectivity index (χ1) is 31.5. The molecule has 0 aliphatic heterocycles. The Morgan fingerprint density at radius 1 is 0.219 bits per heavy atom. The summed E-state index contributed by atoms with van der Waals surface area (Å²) < 4.78 is 4.79. The second-order valence-corrected chi connectivity index (χ2v) is 17.2. The Morgan fingerprint density at radius 2 is 0.562 bits per heavy atom. The average Bonchev–Trinajstić information content (AvgIpc) is 3.86. The molecule has 12 rings (SSSR count). The normalized spacial score (nSPS) is 11.6. The number of rotatable bonds is 7. The minimum atomic E-state index is 1.14. The molecule has 2 heterocycles. The van der Waals surface area contributed by atoms with Crippen LogP contribution in [-0.4, -0.2) is 9.13 Å². The van der Waals surface area contributed by atoms with Crippen LogP contribution in [-0.2, 0) is 0 Å². The molecule has 2 heteroatoms. The second kappa shape index (κ2) is 15.3. The third-order valence-corrected chi connectivity index (χ3v) is 13.0. The van der Waals surface area contributed by atoms with Gasteiger partial charge >= 0.3 is 0 Å². The topological polar surface area (TPSA) is 9.86 Å². The fourth-order valence-corrected chi connectivity index (χ4v) is 10.00. The lowest BCUT2D eigenvalue weighted by Gasteiger charge is -2.13. The van der Waals surface area contributed by atoms with Crippen molar-refractivity contribution in [2.75, 3.05) is 0 Å². The highest BCUT2D eigenvalue weighted by Gasteiger charge is 2.17. The number of aromatic nitrogens is 2. The molecule has 0 fully saturated rings. The van der Waals surface area contributed by atoms with Gasteiger partial charge < -0.3 is 9.13 Å². The van der Waals surface area contributed by atoms with Gasteiger partial charge in [-0.25, -0.2) is 0 Å². The van der Waals surface area contributed by atoms with Gasteiger partial charge in [0.1, 0.15) is 0 Å². The predicted octanol–water partition coefficient (Wildman–Crippen LogP) is 16.8. The largest absolute Gasteiger partial charge is 0.309 e. The van der Waals surface area contributed by atoms with E-state index in [0.717, 1.165) is 5.69 Å². The van der Waals surface area contributed by atoms with Gasteiger partial charge in [0.2, 0.25) is 0 Å². The van der Waals surface area contributed by atoms with Gasteiger partial charge in [0, 0.05) is 32.9 Å². The van der Waals surface area contributed by atoms with Crippen molar-refractivity contribution in [3.05, 3.63) is 242 Å². The molecule has 0 unspecified atom stereocenters. The predicted molar refractivity (Wildman–Crippen MR) is 272 cm³/mol. The third-order valence-electron chi connectivity index (χ3n) is 13.0. The van der Waals surface area contributed by atoms with Crippen LogP contribution in [0, 0.1) is 13.8 Å². The molecule has 0 saturated carbocycles. The highest BCUT2D eigenvalue weighted by molar-refractivity contribution is 6.12. The summed E-state index contributed by atoms with van der Waals surface area (Å²) in [5, 5.41) is 5.00. The Morgan fingerprint density at radius 3 is 1.05 bits per heavy atom. The summed E-state index contributed by atoms with van der Waals surface area (Å²) in [6.45, 7) is 4.34. The van der Waals surface area contributed by atoms with E-state index in [1.165, 1.54) is 116 Å². The summed E-state index contributed by atoms with van der Waals surface area (Å²) >= 11 is 0. The Balaban J connectivity index is 0.923. The first-order valence-electron chi connectivity index (χ1n) is 22.2. The molecule has 2 nitrogen and oxygen atoms in total. The van der Waals surface area contributed by atoms with E-state index in [1.807, 2.05) is 0 Å². The zero-order chi connectivity index (χ0) is 42.7. The van der Waals surface area contributed by atoms with Gasteiger partial charge in [0.25, 0.3) is 0 Å². The molecule has 0 amide bonds. The Labute approximate surface area is 373 Å². The van der Waals surface area contributed by atoms with Gasteiger partial charge in [-0.1, -0.05) is 163 Å². The second-order valence-electron chi connectivity index (χ2n) is 17.2. The summed E-state index contributed by atoms with van der Waals surface area (Å²) in [5.41, 5.74) is 21.8. The van der Waals surface area contributed by atoms with Gasteiger partial charge in [0.15, 0.2) is 0 Å². The smallest absolute Gasteiger partial charge is 0.0541 e. The average molecular weight is 817 g/mol. The van der Waals surface area contributed by atoms with Crippen LogP contribution in [0.4, 0.5) is 0 Å². The Hall–Kier alpha value is -8.20. The van der Waals surface area contributed by atoms with Crippen LogP contribution in [0.15, 0.2) is 231 Å². The molecule has 0 aliphatic carbocycles. The maximum atomic E-state index is 2.41. The molecule has 2 aromatic heterocycles.